The van der Waals surface area contributed by atoms with Gasteiger partial charge in [-0.2, -0.15) is 0 Å². The molecule has 0 aliphatic carbocycles. The highest BCUT2D eigenvalue weighted by Gasteiger charge is 2.05. The zero-order valence-electron chi connectivity index (χ0n) is 8.73. The highest BCUT2D eigenvalue weighted by molar-refractivity contribution is 6.23. The van der Waals surface area contributed by atoms with Gasteiger partial charge in [0.2, 0.25) is 6.29 Å². The van der Waals surface area contributed by atoms with Gasteiger partial charge in [0.15, 0.2) is 6.29 Å². The molecule has 0 fully saturated rings. The van der Waals surface area contributed by atoms with Crippen LogP contribution in [-0.4, -0.2) is 25.6 Å². The number of nitrogens with one attached hydrogen (secondary N) is 1. The van der Waals surface area contributed by atoms with E-state index in [4.69, 9.17) is 4.74 Å². The van der Waals surface area contributed by atoms with Gasteiger partial charge >= 0.3 is 0 Å². The van der Waals surface area contributed by atoms with Gasteiger partial charge in [0.1, 0.15) is 5.75 Å². The molecule has 1 N–H and O–H groups in total. The normalized spacial score (nSPS) is 9.31. The first kappa shape index (κ1) is 11.9. The average molecular weight is 221 g/mol. The van der Waals surface area contributed by atoms with Crippen LogP contribution in [0.5, 0.6) is 5.75 Å². The monoisotopic (exact) mass is 221 g/mol. The summed E-state index contributed by atoms with van der Waals surface area (Å²) in [4.78, 5) is 31.6. The Balaban J connectivity index is 2.83. The average Bonchev–Trinajstić information content (AvgIpc) is 2.35. The van der Waals surface area contributed by atoms with Crippen molar-refractivity contribution in [2.45, 2.75) is 6.54 Å². The molecule has 0 saturated heterocycles. The Hall–Kier alpha value is -2.17. The number of hydrogen-bond donors (Lipinski definition) is 1. The largest absolute Gasteiger partial charge is 0.497 e. The fourth-order valence-electron chi connectivity index (χ4n) is 1.19. The molecule has 1 aromatic carbocycles. The Labute approximate surface area is 92.4 Å². The van der Waals surface area contributed by atoms with Gasteiger partial charge in [-0.3, -0.25) is 14.4 Å². The molecule has 0 unspecified atom stereocenters. The van der Waals surface area contributed by atoms with Crippen LogP contribution in [0, 0.1) is 0 Å². The van der Waals surface area contributed by atoms with Crippen LogP contribution >= 0.6 is 0 Å². The summed E-state index contributed by atoms with van der Waals surface area (Å²) in [6.07, 6.45) is 0.856. The lowest BCUT2D eigenvalue weighted by atomic mass is 10.1. The van der Waals surface area contributed by atoms with Crippen molar-refractivity contribution in [3.05, 3.63) is 29.3 Å². The van der Waals surface area contributed by atoms with Gasteiger partial charge in [-0.15, -0.1) is 0 Å². The number of amides is 1. The summed E-state index contributed by atoms with van der Waals surface area (Å²) < 4.78 is 4.96. The van der Waals surface area contributed by atoms with Crippen LogP contribution in [-0.2, 0) is 16.1 Å². The number of benzene rings is 1. The quantitative estimate of drug-likeness (QED) is 0.574. The van der Waals surface area contributed by atoms with Crippen molar-refractivity contribution in [3.8, 4) is 5.75 Å². The molecular formula is C11H11NO4. The molecule has 5 heteroatoms. The van der Waals surface area contributed by atoms with E-state index in [0.717, 1.165) is 0 Å². The van der Waals surface area contributed by atoms with Crippen molar-refractivity contribution in [2.24, 2.45) is 0 Å². The number of ether oxygens (including phenoxy) is 1. The second-order valence-electron chi connectivity index (χ2n) is 3.02. The Morgan fingerprint density at radius 3 is 2.75 bits per heavy atom. The summed E-state index contributed by atoms with van der Waals surface area (Å²) in [5.74, 6) is -0.153. The fraction of sp³-hybridized carbons (Fsp3) is 0.182. The van der Waals surface area contributed by atoms with Crippen LogP contribution in [0.4, 0.5) is 0 Å². The third-order valence-corrected chi connectivity index (χ3v) is 2.04. The van der Waals surface area contributed by atoms with E-state index in [0.29, 0.717) is 23.2 Å². The van der Waals surface area contributed by atoms with Crippen molar-refractivity contribution in [3.63, 3.8) is 0 Å². The first-order chi connectivity index (χ1) is 7.71. The second kappa shape index (κ2) is 5.65. The Bertz CT molecular complexity index is 414. The maximum atomic E-state index is 10.8. The van der Waals surface area contributed by atoms with E-state index in [-0.39, 0.29) is 12.8 Å². The van der Waals surface area contributed by atoms with Crippen LogP contribution in [0.1, 0.15) is 15.9 Å². The predicted molar refractivity (Wildman–Crippen MR) is 56.3 cm³/mol. The summed E-state index contributed by atoms with van der Waals surface area (Å²) >= 11 is 0. The molecule has 0 aliphatic heterocycles. The summed E-state index contributed by atoms with van der Waals surface area (Å²) in [7, 11) is 1.50. The molecule has 0 heterocycles. The minimum Gasteiger partial charge on any atom is -0.497 e. The lowest BCUT2D eigenvalue weighted by Crippen LogP contribution is -2.24. The molecule has 0 aliphatic rings. The first-order valence-corrected chi connectivity index (χ1v) is 4.56. The van der Waals surface area contributed by atoms with Crippen molar-refractivity contribution in [1.82, 2.24) is 5.32 Å². The highest BCUT2D eigenvalue weighted by atomic mass is 16.5. The van der Waals surface area contributed by atoms with E-state index in [1.54, 1.807) is 18.2 Å². The van der Waals surface area contributed by atoms with Crippen LogP contribution in [0.15, 0.2) is 18.2 Å². The van der Waals surface area contributed by atoms with Crippen LogP contribution in [0.25, 0.3) is 0 Å². The molecule has 0 radical (unpaired) electrons. The number of aldehydes is 2. The van der Waals surface area contributed by atoms with E-state index >= 15 is 0 Å². The summed E-state index contributed by atoms with van der Waals surface area (Å²) in [5.41, 5.74) is 1.05. The lowest BCUT2D eigenvalue weighted by molar-refractivity contribution is -0.131. The van der Waals surface area contributed by atoms with E-state index in [1.165, 1.54) is 7.11 Å². The molecule has 1 aromatic rings. The number of hydrogen-bond acceptors (Lipinski definition) is 4. The second-order valence-corrected chi connectivity index (χ2v) is 3.02. The Kier molecular flexibility index (Phi) is 4.20. The molecule has 16 heavy (non-hydrogen) atoms. The summed E-state index contributed by atoms with van der Waals surface area (Å²) in [6.45, 7) is 0.135. The maximum Gasteiger partial charge on any atom is 0.284 e. The van der Waals surface area contributed by atoms with Gasteiger partial charge in [-0.1, -0.05) is 6.07 Å². The molecule has 1 amide bonds. The molecule has 1 rings (SSSR count). The third-order valence-electron chi connectivity index (χ3n) is 2.04. The predicted octanol–water partition coefficient (Wildman–Crippen LogP) is 0.323. The Morgan fingerprint density at radius 1 is 1.44 bits per heavy atom. The minimum absolute atomic E-state index is 0.135. The third kappa shape index (κ3) is 2.91. The number of rotatable bonds is 5. The fourth-order valence-corrected chi connectivity index (χ4v) is 1.19. The summed E-state index contributed by atoms with van der Waals surface area (Å²) in [6, 6.07) is 4.90. The first-order valence-electron chi connectivity index (χ1n) is 4.56. The SMILES string of the molecule is COc1ccc(CNC(=O)C=O)c(C=O)c1. The van der Waals surface area contributed by atoms with Gasteiger partial charge in [0, 0.05) is 12.1 Å². The molecule has 84 valence electrons. The van der Waals surface area contributed by atoms with Crippen LogP contribution < -0.4 is 10.1 Å². The zero-order valence-corrected chi connectivity index (χ0v) is 8.73. The smallest absolute Gasteiger partial charge is 0.284 e. The van der Waals surface area contributed by atoms with Gasteiger partial charge in [-0.25, -0.2) is 0 Å². The topological polar surface area (TPSA) is 72.5 Å². The minimum atomic E-state index is -0.715. The number of carbonyl (C=O) groups excluding carboxylic acids is 3. The van der Waals surface area contributed by atoms with E-state index in [1.807, 2.05) is 0 Å². The highest BCUT2D eigenvalue weighted by Crippen LogP contribution is 2.15. The van der Waals surface area contributed by atoms with Crippen molar-refractivity contribution in [1.29, 1.82) is 0 Å². The number of methoxy groups -OCH3 is 1. The van der Waals surface area contributed by atoms with Gasteiger partial charge in [0.05, 0.1) is 7.11 Å². The van der Waals surface area contributed by atoms with Gasteiger partial charge in [-0.05, 0) is 17.7 Å². The van der Waals surface area contributed by atoms with E-state index in [2.05, 4.69) is 5.32 Å². The molecule has 0 bridgehead atoms. The van der Waals surface area contributed by atoms with Crippen molar-refractivity contribution >= 4 is 18.5 Å². The van der Waals surface area contributed by atoms with Crippen molar-refractivity contribution in [2.75, 3.05) is 7.11 Å². The van der Waals surface area contributed by atoms with Crippen LogP contribution in [0.2, 0.25) is 0 Å². The lowest BCUT2D eigenvalue weighted by Gasteiger charge is -2.07. The van der Waals surface area contributed by atoms with Gasteiger partial charge < -0.3 is 10.1 Å². The summed E-state index contributed by atoms with van der Waals surface area (Å²) in [5, 5.41) is 2.35. The molecular weight excluding hydrogens is 210 g/mol. The Morgan fingerprint density at radius 2 is 2.19 bits per heavy atom. The molecule has 0 spiro atoms. The van der Waals surface area contributed by atoms with Gasteiger partial charge in [0.25, 0.3) is 5.91 Å². The number of carbonyl (C=O) groups is 3. The molecule has 0 saturated carbocycles. The van der Waals surface area contributed by atoms with E-state index in [9.17, 15) is 14.4 Å². The molecule has 5 nitrogen and oxygen atoms in total. The van der Waals surface area contributed by atoms with E-state index < -0.39 is 5.91 Å². The maximum absolute atomic E-state index is 10.8. The molecule has 0 atom stereocenters. The van der Waals surface area contributed by atoms with Crippen LogP contribution in [0.3, 0.4) is 0 Å². The molecule has 0 aromatic heterocycles. The standard InChI is InChI=1S/C11H11NO4/c1-16-10-3-2-8(9(4-10)6-13)5-12-11(15)7-14/h2-4,6-7H,5H2,1H3,(H,12,15). The van der Waals surface area contributed by atoms with Crippen molar-refractivity contribution < 1.29 is 19.1 Å². The zero-order chi connectivity index (χ0) is 12.0.